The van der Waals surface area contributed by atoms with Crippen LogP contribution in [0.2, 0.25) is 5.02 Å². The van der Waals surface area contributed by atoms with E-state index in [0.717, 1.165) is 15.4 Å². The van der Waals surface area contributed by atoms with E-state index in [4.69, 9.17) is 11.6 Å². The van der Waals surface area contributed by atoms with Gasteiger partial charge in [-0.15, -0.1) is 11.3 Å². The first kappa shape index (κ1) is 12.4. The van der Waals surface area contributed by atoms with Gasteiger partial charge in [-0.3, -0.25) is 4.99 Å². The van der Waals surface area contributed by atoms with Crippen LogP contribution in [0.15, 0.2) is 29.3 Å². The van der Waals surface area contributed by atoms with Crippen LogP contribution in [0.5, 0.6) is 0 Å². The van der Waals surface area contributed by atoms with Crippen molar-refractivity contribution in [3.63, 3.8) is 0 Å². The zero-order valence-electron chi connectivity index (χ0n) is 10.2. The van der Waals surface area contributed by atoms with Crippen molar-refractivity contribution in [1.29, 1.82) is 0 Å². The summed E-state index contributed by atoms with van der Waals surface area (Å²) in [7, 11) is 2.05. The van der Waals surface area contributed by atoms with E-state index in [2.05, 4.69) is 23.4 Å². The molecule has 90 valence electrons. The van der Waals surface area contributed by atoms with Gasteiger partial charge in [0.05, 0.1) is 6.54 Å². The molecule has 0 aliphatic rings. The summed E-state index contributed by atoms with van der Waals surface area (Å²) in [6.07, 6.45) is 0. The van der Waals surface area contributed by atoms with E-state index in [1.54, 1.807) is 11.3 Å². The van der Waals surface area contributed by atoms with Gasteiger partial charge in [-0.2, -0.15) is 0 Å². The minimum absolute atomic E-state index is 0.632. The van der Waals surface area contributed by atoms with Gasteiger partial charge in [-0.05, 0) is 25.5 Å². The Morgan fingerprint density at radius 2 is 2.00 bits per heavy atom. The lowest BCUT2D eigenvalue weighted by Crippen LogP contribution is -2.11. The van der Waals surface area contributed by atoms with Crippen LogP contribution in [0, 0.1) is 13.8 Å². The molecule has 0 bridgehead atoms. The first-order valence-electron chi connectivity index (χ1n) is 5.46. The molecule has 1 aromatic heterocycles. The van der Waals surface area contributed by atoms with Crippen molar-refractivity contribution in [2.24, 2.45) is 12.0 Å². The van der Waals surface area contributed by atoms with Crippen LogP contribution < -0.4 is 4.80 Å². The van der Waals surface area contributed by atoms with Crippen molar-refractivity contribution < 1.29 is 0 Å². The molecule has 0 unspecified atom stereocenters. The van der Waals surface area contributed by atoms with Gasteiger partial charge in [0.25, 0.3) is 0 Å². The number of halogens is 1. The third kappa shape index (κ3) is 2.61. The second-order valence-corrected chi connectivity index (χ2v) is 5.58. The van der Waals surface area contributed by atoms with Gasteiger partial charge in [-0.1, -0.05) is 29.8 Å². The van der Waals surface area contributed by atoms with E-state index in [-0.39, 0.29) is 0 Å². The van der Waals surface area contributed by atoms with Gasteiger partial charge in [0, 0.05) is 22.6 Å². The maximum absolute atomic E-state index is 6.10. The average molecular weight is 267 g/mol. The van der Waals surface area contributed by atoms with Gasteiger partial charge >= 0.3 is 0 Å². The Hall–Kier alpha value is -1.06. The topological polar surface area (TPSA) is 17.3 Å². The highest BCUT2D eigenvalue weighted by molar-refractivity contribution is 7.09. The van der Waals surface area contributed by atoms with Gasteiger partial charge in [-0.25, -0.2) is 0 Å². The normalized spacial score (nSPS) is 12.1. The second-order valence-electron chi connectivity index (χ2n) is 3.99. The maximum atomic E-state index is 6.10. The van der Waals surface area contributed by atoms with E-state index in [1.807, 2.05) is 31.3 Å². The summed E-state index contributed by atoms with van der Waals surface area (Å²) >= 11 is 7.82. The Kier molecular flexibility index (Phi) is 3.69. The minimum Gasteiger partial charge on any atom is -0.324 e. The van der Waals surface area contributed by atoms with E-state index < -0.39 is 0 Å². The van der Waals surface area contributed by atoms with Gasteiger partial charge < -0.3 is 4.57 Å². The number of benzene rings is 1. The molecule has 1 aromatic carbocycles. The van der Waals surface area contributed by atoms with Crippen molar-refractivity contribution in [3.8, 4) is 0 Å². The highest BCUT2D eigenvalue weighted by Gasteiger charge is 2.02. The molecule has 0 saturated heterocycles. The molecule has 0 radical (unpaired) electrons. The van der Waals surface area contributed by atoms with Crippen LogP contribution in [0.3, 0.4) is 0 Å². The predicted molar refractivity (Wildman–Crippen MR) is 73.5 cm³/mol. The molecule has 0 aliphatic heterocycles. The number of aromatic nitrogens is 1. The third-order valence-corrected chi connectivity index (χ3v) is 4.44. The number of hydrogen-bond donors (Lipinski definition) is 0. The fourth-order valence-electron chi connectivity index (χ4n) is 1.58. The monoisotopic (exact) mass is 266 g/mol. The Morgan fingerprint density at radius 1 is 1.29 bits per heavy atom. The quantitative estimate of drug-likeness (QED) is 0.792. The largest absolute Gasteiger partial charge is 0.324 e. The smallest absolute Gasteiger partial charge is 0.185 e. The molecule has 0 aliphatic carbocycles. The molecular weight excluding hydrogens is 252 g/mol. The van der Waals surface area contributed by atoms with Crippen LogP contribution in [-0.2, 0) is 13.6 Å². The summed E-state index contributed by atoms with van der Waals surface area (Å²) < 4.78 is 2.12. The maximum Gasteiger partial charge on any atom is 0.185 e. The van der Waals surface area contributed by atoms with E-state index in [1.165, 1.54) is 10.6 Å². The molecule has 2 rings (SSSR count). The first-order valence-corrected chi connectivity index (χ1v) is 6.66. The van der Waals surface area contributed by atoms with Gasteiger partial charge in [0.1, 0.15) is 0 Å². The molecule has 2 nitrogen and oxygen atoms in total. The number of hydrogen-bond acceptors (Lipinski definition) is 2. The molecule has 0 spiro atoms. The summed E-state index contributed by atoms with van der Waals surface area (Å²) in [4.78, 5) is 6.97. The average Bonchev–Trinajstić information content (AvgIpc) is 2.56. The summed E-state index contributed by atoms with van der Waals surface area (Å²) in [6, 6.07) is 7.84. The molecule has 17 heavy (non-hydrogen) atoms. The zero-order valence-corrected chi connectivity index (χ0v) is 11.8. The summed E-state index contributed by atoms with van der Waals surface area (Å²) in [6.45, 7) is 4.86. The summed E-state index contributed by atoms with van der Waals surface area (Å²) in [5, 5.41) is 0.781. The lowest BCUT2D eigenvalue weighted by atomic mass is 10.2. The van der Waals surface area contributed by atoms with E-state index in [9.17, 15) is 0 Å². The third-order valence-electron chi connectivity index (χ3n) is 2.89. The van der Waals surface area contributed by atoms with Gasteiger partial charge in [0.2, 0.25) is 0 Å². The van der Waals surface area contributed by atoms with E-state index in [0.29, 0.717) is 6.54 Å². The Morgan fingerprint density at radius 3 is 2.59 bits per heavy atom. The number of aryl methyl sites for hydroxylation is 1. The van der Waals surface area contributed by atoms with Crippen molar-refractivity contribution in [1.82, 2.24) is 4.57 Å². The molecule has 0 atom stereocenters. The van der Waals surface area contributed by atoms with Crippen LogP contribution in [0.1, 0.15) is 16.1 Å². The Balaban J connectivity index is 2.33. The first-order chi connectivity index (χ1) is 8.09. The van der Waals surface area contributed by atoms with Crippen LogP contribution in [0.4, 0.5) is 0 Å². The van der Waals surface area contributed by atoms with Crippen LogP contribution >= 0.6 is 22.9 Å². The predicted octanol–water partition coefficient (Wildman–Crippen LogP) is 3.46. The Bertz CT molecular complexity index is 596. The SMILES string of the molecule is Cc1sc(=NCc2ccccc2Cl)n(C)c1C. The molecule has 0 amide bonds. The highest BCUT2D eigenvalue weighted by Crippen LogP contribution is 2.15. The standard InChI is InChI=1S/C13H15ClN2S/c1-9-10(2)17-13(16(9)3)15-8-11-6-4-5-7-12(11)14/h4-7H,8H2,1-3H3. The van der Waals surface area contributed by atoms with Crippen molar-refractivity contribution in [2.75, 3.05) is 0 Å². The lowest BCUT2D eigenvalue weighted by Gasteiger charge is -1.99. The highest BCUT2D eigenvalue weighted by atomic mass is 35.5. The molecule has 2 aromatic rings. The van der Waals surface area contributed by atoms with Gasteiger partial charge in [0.15, 0.2) is 4.80 Å². The fourth-order valence-corrected chi connectivity index (χ4v) is 2.73. The van der Waals surface area contributed by atoms with Crippen molar-refractivity contribution in [3.05, 3.63) is 50.2 Å². The number of rotatable bonds is 2. The van der Waals surface area contributed by atoms with Crippen molar-refractivity contribution in [2.45, 2.75) is 20.4 Å². The molecular formula is C13H15ClN2S. The second kappa shape index (κ2) is 5.07. The Labute approximate surface area is 110 Å². The fraction of sp³-hybridized carbons (Fsp3) is 0.308. The number of nitrogens with zero attached hydrogens (tertiary/aromatic N) is 2. The summed E-state index contributed by atoms with van der Waals surface area (Å²) in [5.41, 5.74) is 2.34. The molecule has 0 fully saturated rings. The molecule has 0 N–H and O–H groups in total. The number of thiazole rings is 1. The molecule has 1 heterocycles. The van der Waals surface area contributed by atoms with Crippen molar-refractivity contribution >= 4 is 22.9 Å². The van der Waals surface area contributed by atoms with E-state index >= 15 is 0 Å². The molecule has 0 saturated carbocycles. The van der Waals surface area contributed by atoms with Crippen LogP contribution in [-0.4, -0.2) is 4.57 Å². The molecule has 4 heteroatoms. The minimum atomic E-state index is 0.632. The lowest BCUT2D eigenvalue weighted by molar-refractivity contribution is 0.805. The summed E-state index contributed by atoms with van der Waals surface area (Å²) in [5.74, 6) is 0. The van der Waals surface area contributed by atoms with Crippen LogP contribution in [0.25, 0.3) is 0 Å². The zero-order chi connectivity index (χ0) is 12.4.